The number of amides is 1. The van der Waals surface area contributed by atoms with E-state index in [1.165, 1.54) is 32.0 Å². The topological polar surface area (TPSA) is 88.5 Å². The lowest BCUT2D eigenvalue weighted by Gasteiger charge is -2.22. The molecule has 6 nitrogen and oxygen atoms in total. The number of nitrogens with zero attached hydrogens (tertiary/aromatic N) is 1. The molecule has 0 radical (unpaired) electrons. The molecule has 2 aromatic carbocycles. The first-order valence-corrected chi connectivity index (χ1v) is 9.20. The molecule has 0 saturated heterocycles. The lowest BCUT2D eigenvalue weighted by Crippen LogP contribution is -2.49. The molecule has 0 aliphatic heterocycles. The van der Waals surface area contributed by atoms with Gasteiger partial charge in [0.25, 0.3) is 5.91 Å². The largest absolute Gasteiger partial charge is 0.487 e. The van der Waals surface area contributed by atoms with Crippen molar-refractivity contribution in [3.05, 3.63) is 71.5 Å². The maximum Gasteiger partial charge on any atom is 0.416 e. The van der Waals surface area contributed by atoms with E-state index in [1.54, 1.807) is 24.5 Å². The standard InChI is InChI=1S/C22H19F3N2O4/c1-21(2,20(29)30)27-19(28)17-7-5-14-10-15(22(23,24)25)6-8-16(14)18(17)31-12-13-4-3-9-26-11-13/h3-11H,12H2,1-2H3,(H,27,28)(H,29,30). The van der Waals surface area contributed by atoms with Crippen LogP contribution in [0.2, 0.25) is 0 Å². The lowest BCUT2D eigenvalue weighted by atomic mass is 10.0. The van der Waals surface area contributed by atoms with Crippen LogP contribution in [0.4, 0.5) is 13.2 Å². The number of fused-ring (bicyclic) bond motifs is 1. The fraction of sp³-hybridized carbons (Fsp3) is 0.227. The van der Waals surface area contributed by atoms with E-state index in [1.807, 2.05) is 0 Å². The van der Waals surface area contributed by atoms with Crippen LogP contribution in [0.3, 0.4) is 0 Å². The number of hydrogen-bond acceptors (Lipinski definition) is 4. The van der Waals surface area contributed by atoms with E-state index >= 15 is 0 Å². The van der Waals surface area contributed by atoms with Crippen molar-refractivity contribution in [3.8, 4) is 5.75 Å². The highest BCUT2D eigenvalue weighted by atomic mass is 19.4. The molecule has 9 heteroatoms. The zero-order chi connectivity index (χ0) is 22.8. The minimum atomic E-state index is -4.52. The summed E-state index contributed by atoms with van der Waals surface area (Å²) in [7, 11) is 0. The van der Waals surface area contributed by atoms with Gasteiger partial charge >= 0.3 is 12.1 Å². The van der Waals surface area contributed by atoms with Crippen molar-refractivity contribution in [3.63, 3.8) is 0 Å². The molecule has 162 valence electrons. The minimum Gasteiger partial charge on any atom is -0.487 e. The zero-order valence-corrected chi connectivity index (χ0v) is 16.7. The van der Waals surface area contributed by atoms with Crippen LogP contribution in [0.1, 0.15) is 35.3 Å². The van der Waals surface area contributed by atoms with Crippen LogP contribution in [0, 0.1) is 0 Å². The number of carbonyl (C=O) groups is 2. The fourth-order valence-corrected chi connectivity index (χ4v) is 2.86. The highest BCUT2D eigenvalue weighted by Gasteiger charge is 2.32. The van der Waals surface area contributed by atoms with Gasteiger partial charge in [0.2, 0.25) is 0 Å². The summed E-state index contributed by atoms with van der Waals surface area (Å²) < 4.78 is 45.1. The number of carbonyl (C=O) groups excluding carboxylic acids is 1. The molecule has 2 N–H and O–H groups in total. The maximum absolute atomic E-state index is 13.1. The van der Waals surface area contributed by atoms with E-state index in [4.69, 9.17) is 4.74 Å². The van der Waals surface area contributed by atoms with Crippen LogP contribution in [0.25, 0.3) is 10.8 Å². The number of aromatic nitrogens is 1. The molecule has 1 heterocycles. The molecule has 0 atom stereocenters. The minimum absolute atomic E-state index is 0.00507. The van der Waals surface area contributed by atoms with E-state index in [0.29, 0.717) is 5.56 Å². The monoisotopic (exact) mass is 432 g/mol. The Morgan fingerprint density at radius 3 is 2.48 bits per heavy atom. The van der Waals surface area contributed by atoms with E-state index in [0.717, 1.165) is 12.1 Å². The maximum atomic E-state index is 13.1. The number of nitrogens with one attached hydrogen (secondary N) is 1. The van der Waals surface area contributed by atoms with Crippen molar-refractivity contribution in [2.45, 2.75) is 32.2 Å². The van der Waals surface area contributed by atoms with E-state index in [-0.39, 0.29) is 28.7 Å². The van der Waals surface area contributed by atoms with E-state index in [9.17, 15) is 27.9 Å². The highest BCUT2D eigenvalue weighted by Crippen LogP contribution is 2.36. The summed E-state index contributed by atoms with van der Waals surface area (Å²) in [6, 6.07) is 9.22. The van der Waals surface area contributed by atoms with Crippen molar-refractivity contribution in [2.24, 2.45) is 0 Å². The van der Waals surface area contributed by atoms with E-state index < -0.39 is 29.2 Å². The molecule has 1 amide bonds. The fourth-order valence-electron chi connectivity index (χ4n) is 2.86. The molecule has 0 unspecified atom stereocenters. The zero-order valence-electron chi connectivity index (χ0n) is 16.7. The van der Waals surface area contributed by atoms with Crippen molar-refractivity contribution in [2.75, 3.05) is 0 Å². The SMILES string of the molecule is CC(C)(NC(=O)c1ccc2cc(C(F)(F)F)ccc2c1OCc1cccnc1)C(=O)O. The normalized spacial score (nSPS) is 11.9. The van der Waals surface area contributed by atoms with Gasteiger partial charge in [-0.1, -0.05) is 18.2 Å². The first-order chi connectivity index (χ1) is 14.5. The predicted octanol–water partition coefficient (Wildman–Crippen LogP) is 4.43. The molecule has 0 spiro atoms. The molecular weight excluding hydrogens is 413 g/mol. The third-order valence-corrected chi connectivity index (χ3v) is 4.61. The summed E-state index contributed by atoms with van der Waals surface area (Å²) in [5, 5.41) is 12.2. The highest BCUT2D eigenvalue weighted by molar-refractivity contribution is 6.05. The average molecular weight is 432 g/mol. The Balaban J connectivity index is 2.07. The van der Waals surface area contributed by atoms with Gasteiger partial charge in [0.1, 0.15) is 17.9 Å². The van der Waals surface area contributed by atoms with Crippen molar-refractivity contribution in [1.29, 1.82) is 0 Å². The number of pyridine rings is 1. The number of alkyl halides is 3. The average Bonchev–Trinajstić information content (AvgIpc) is 2.71. The van der Waals surface area contributed by atoms with Gasteiger partial charge in [-0.05, 0) is 43.5 Å². The number of halogens is 3. The van der Waals surface area contributed by atoms with Crippen molar-refractivity contribution in [1.82, 2.24) is 10.3 Å². The third-order valence-electron chi connectivity index (χ3n) is 4.61. The molecule has 31 heavy (non-hydrogen) atoms. The van der Waals surface area contributed by atoms with Crippen LogP contribution in [0.15, 0.2) is 54.9 Å². The smallest absolute Gasteiger partial charge is 0.416 e. The number of hydrogen-bond donors (Lipinski definition) is 2. The Kier molecular flexibility index (Phi) is 5.88. The molecule has 3 aromatic rings. The Morgan fingerprint density at radius 1 is 1.13 bits per heavy atom. The number of aliphatic carboxylic acids is 1. The van der Waals surface area contributed by atoms with Gasteiger partial charge in [0, 0.05) is 23.3 Å². The summed E-state index contributed by atoms with van der Waals surface area (Å²) in [4.78, 5) is 28.2. The Morgan fingerprint density at radius 2 is 1.87 bits per heavy atom. The van der Waals surface area contributed by atoms with Crippen LogP contribution in [-0.4, -0.2) is 27.5 Å². The summed E-state index contributed by atoms with van der Waals surface area (Å²) in [6.45, 7) is 2.65. The van der Waals surface area contributed by atoms with Crippen molar-refractivity contribution >= 4 is 22.6 Å². The molecule has 0 fully saturated rings. The van der Waals surface area contributed by atoms with Gasteiger partial charge in [-0.25, -0.2) is 4.79 Å². The van der Waals surface area contributed by atoms with Crippen LogP contribution < -0.4 is 10.1 Å². The molecular formula is C22H19F3N2O4. The number of ether oxygens (including phenoxy) is 1. The van der Waals surface area contributed by atoms with Gasteiger partial charge in [-0.15, -0.1) is 0 Å². The summed E-state index contributed by atoms with van der Waals surface area (Å²) in [5.74, 6) is -1.92. The molecule has 0 aliphatic rings. The van der Waals surface area contributed by atoms with Gasteiger partial charge in [-0.2, -0.15) is 13.2 Å². The first-order valence-electron chi connectivity index (χ1n) is 9.20. The molecule has 1 aromatic heterocycles. The summed E-state index contributed by atoms with van der Waals surface area (Å²) >= 11 is 0. The Labute approximate surface area is 175 Å². The van der Waals surface area contributed by atoms with Gasteiger partial charge < -0.3 is 15.2 Å². The van der Waals surface area contributed by atoms with Gasteiger partial charge in [-0.3, -0.25) is 9.78 Å². The molecule has 3 rings (SSSR count). The third kappa shape index (κ3) is 4.93. The number of carboxylic acid groups (broad SMARTS) is 1. The van der Waals surface area contributed by atoms with Gasteiger partial charge in [0.05, 0.1) is 11.1 Å². The summed E-state index contributed by atoms with van der Waals surface area (Å²) in [5.41, 5.74) is -1.70. The summed E-state index contributed by atoms with van der Waals surface area (Å²) in [6.07, 6.45) is -1.39. The number of carboxylic acids is 1. The second-order valence-electron chi connectivity index (χ2n) is 7.41. The number of benzene rings is 2. The first kappa shape index (κ1) is 22.1. The molecule has 0 bridgehead atoms. The van der Waals surface area contributed by atoms with Crippen molar-refractivity contribution < 1.29 is 32.6 Å². The van der Waals surface area contributed by atoms with Crippen LogP contribution in [-0.2, 0) is 17.6 Å². The van der Waals surface area contributed by atoms with E-state index in [2.05, 4.69) is 10.3 Å². The van der Waals surface area contributed by atoms with Crippen LogP contribution in [0.5, 0.6) is 5.75 Å². The number of rotatable bonds is 6. The quantitative estimate of drug-likeness (QED) is 0.602. The molecule has 0 saturated carbocycles. The second-order valence-corrected chi connectivity index (χ2v) is 7.41. The second kappa shape index (κ2) is 8.25. The Hall–Kier alpha value is -3.62. The molecule has 0 aliphatic carbocycles. The Bertz CT molecular complexity index is 1130. The van der Waals surface area contributed by atoms with Crippen LogP contribution >= 0.6 is 0 Å². The lowest BCUT2D eigenvalue weighted by molar-refractivity contribution is -0.143. The predicted molar refractivity (Wildman–Crippen MR) is 107 cm³/mol. The van der Waals surface area contributed by atoms with Gasteiger partial charge in [0.15, 0.2) is 0 Å².